The quantitative estimate of drug-likeness (QED) is 0.848. The molecule has 1 aromatic carbocycles. The van der Waals surface area contributed by atoms with Gasteiger partial charge in [0.15, 0.2) is 0 Å². The summed E-state index contributed by atoms with van der Waals surface area (Å²) in [6, 6.07) is 10.6. The van der Waals surface area contributed by atoms with Crippen molar-refractivity contribution in [3.8, 4) is 5.75 Å². The lowest BCUT2D eigenvalue weighted by atomic mass is 9.92. The number of furan rings is 1. The van der Waals surface area contributed by atoms with E-state index in [1.54, 1.807) is 6.26 Å². The first-order valence-corrected chi connectivity index (χ1v) is 8.26. The number of hydrogen-bond acceptors (Lipinski definition) is 3. The average Bonchev–Trinajstić information content (AvgIpc) is 3.06. The highest BCUT2D eigenvalue weighted by atomic mass is 16.5. The van der Waals surface area contributed by atoms with Crippen LogP contribution in [-0.4, -0.2) is 20.2 Å². The minimum Gasteiger partial charge on any atom is -0.493 e. The molecule has 0 saturated heterocycles. The van der Waals surface area contributed by atoms with Crippen molar-refractivity contribution in [1.29, 1.82) is 0 Å². The van der Waals surface area contributed by atoms with Crippen LogP contribution in [-0.2, 0) is 19.3 Å². The molecule has 0 bridgehead atoms. The Balaban J connectivity index is 1.59. The van der Waals surface area contributed by atoms with Gasteiger partial charge in [-0.15, -0.1) is 0 Å². The van der Waals surface area contributed by atoms with Gasteiger partial charge in [0.25, 0.3) is 0 Å². The molecular formula is C19H25NO2. The Hall–Kier alpha value is -1.74. The standard InChI is InChI=1S/C19H25NO2/c1-20-13-15(11-18-7-4-10-21-18)14-22-19-9-8-16-5-2-3-6-17(16)12-19/h4,7-10,12,15,20H,2-3,5-6,11,13-14H2,1H3. The molecule has 1 aromatic heterocycles. The lowest BCUT2D eigenvalue weighted by Crippen LogP contribution is -2.26. The van der Waals surface area contributed by atoms with E-state index < -0.39 is 0 Å². The summed E-state index contributed by atoms with van der Waals surface area (Å²) >= 11 is 0. The largest absolute Gasteiger partial charge is 0.493 e. The number of nitrogens with one attached hydrogen (secondary N) is 1. The lowest BCUT2D eigenvalue weighted by Gasteiger charge is -2.19. The summed E-state index contributed by atoms with van der Waals surface area (Å²) in [7, 11) is 1.98. The molecule has 118 valence electrons. The number of ether oxygens (including phenoxy) is 1. The Bertz CT molecular complexity index is 577. The fraction of sp³-hybridized carbons (Fsp3) is 0.474. The Kier molecular flexibility index (Phi) is 5.17. The van der Waals surface area contributed by atoms with E-state index >= 15 is 0 Å². The summed E-state index contributed by atoms with van der Waals surface area (Å²) in [4.78, 5) is 0. The van der Waals surface area contributed by atoms with Crippen molar-refractivity contribution in [2.24, 2.45) is 5.92 Å². The van der Waals surface area contributed by atoms with Gasteiger partial charge in [-0.2, -0.15) is 0 Å². The molecule has 1 unspecified atom stereocenters. The smallest absolute Gasteiger partial charge is 0.119 e. The first kappa shape index (κ1) is 15.2. The number of aryl methyl sites for hydroxylation is 2. The van der Waals surface area contributed by atoms with Gasteiger partial charge in [-0.05, 0) is 68.1 Å². The van der Waals surface area contributed by atoms with Crippen LogP contribution in [0.2, 0.25) is 0 Å². The molecule has 0 aliphatic heterocycles. The summed E-state index contributed by atoms with van der Waals surface area (Å²) < 4.78 is 11.5. The van der Waals surface area contributed by atoms with Crippen molar-refractivity contribution in [3.05, 3.63) is 53.5 Å². The molecule has 0 fully saturated rings. The van der Waals surface area contributed by atoms with E-state index in [4.69, 9.17) is 9.15 Å². The van der Waals surface area contributed by atoms with E-state index in [9.17, 15) is 0 Å². The van der Waals surface area contributed by atoms with Crippen LogP contribution in [0, 0.1) is 5.92 Å². The fourth-order valence-corrected chi connectivity index (χ4v) is 3.21. The van der Waals surface area contributed by atoms with Crippen molar-refractivity contribution >= 4 is 0 Å². The molecule has 3 nitrogen and oxygen atoms in total. The molecular weight excluding hydrogens is 274 g/mol. The van der Waals surface area contributed by atoms with Crippen molar-refractivity contribution in [2.75, 3.05) is 20.2 Å². The molecule has 1 heterocycles. The molecule has 0 radical (unpaired) electrons. The lowest BCUT2D eigenvalue weighted by molar-refractivity contribution is 0.238. The zero-order valence-corrected chi connectivity index (χ0v) is 13.3. The number of hydrogen-bond donors (Lipinski definition) is 1. The van der Waals surface area contributed by atoms with Gasteiger partial charge in [0.2, 0.25) is 0 Å². The van der Waals surface area contributed by atoms with Gasteiger partial charge in [-0.25, -0.2) is 0 Å². The fourth-order valence-electron chi connectivity index (χ4n) is 3.21. The van der Waals surface area contributed by atoms with Gasteiger partial charge in [-0.1, -0.05) is 6.07 Å². The zero-order valence-electron chi connectivity index (χ0n) is 13.3. The highest BCUT2D eigenvalue weighted by Gasteiger charge is 2.14. The number of benzene rings is 1. The maximum atomic E-state index is 6.05. The third-order valence-electron chi connectivity index (χ3n) is 4.37. The molecule has 2 aromatic rings. The molecule has 1 atom stereocenters. The first-order chi connectivity index (χ1) is 10.8. The van der Waals surface area contributed by atoms with E-state index in [2.05, 4.69) is 23.5 Å². The van der Waals surface area contributed by atoms with Crippen LogP contribution in [0.25, 0.3) is 0 Å². The highest BCUT2D eigenvalue weighted by molar-refractivity contribution is 5.37. The van der Waals surface area contributed by atoms with Crippen LogP contribution in [0.3, 0.4) is 0 Å². The predicted molar refractivity (Wildman–Crippen MR) is 88.4 cm³/mol. The van der Waals surface area contributed by atoms with Crippen LogP contribution in [0.4, 0.5) is 0 Å². The van der Waals surface area contributed by atoms with Gasteiger partial charge >= 0.3 is 0 Å². The Labute approximate surface area is 132 Å². The molecule has 22 heavy (non-hydrogen) atoms. The Morgan fingerprint density at radius 2 is 2.05 bits per heavy atom. The second-order valence-electron chi connectivity index (χ2n) is 6.16. The minimum absolute atomic E-state index is 0.409. The number of rotatable bonds is 7. The average molecular weight is 299 g/mol. The summed E-state index contributed by atoms with van der Waals surface area (Å²) in [5.74, 6) is 2.43. The van der Waals surface area contributed by atoms with E-state index in [0.29, 0.717) is 12.5 Å². The molecule has 1 aliphatic carbocycles. The van der Waals surface area contributed by atoms with Gasteiger partial charge < -0.3 is 14.5 Å². The SMILES string of the molecule is CNCC(COc1ccc2c(c1)CCCC2)Cc1ccco1. The van der Waals surface area contributed by atoms with Crippen LogP contribution >= 0.6 is 0 Å². The summed E-state index contributed by atoms with van der Waals surface area (Å²) in [5.41, 5.74) is 2.97. The van der Waals surface area contributed by atoms with Gasteiger partial charge in [0.05, 0.1) is 12.9 Å². The van der Waals surface area contributed by atoms with Crippen molar-refractivity contribution in [3.63, 3.8) is 0 Å². The normalized spacial score (nSPS) is 15.3. The molecule has 0 amide bonds. The molecule has 1 aliphatic rings. The number of fused-ring (bicyclic) bond motifs is 1. The maximum absolute atomic E-state index is 6.05. The van der Waals surface area contributed by atoms with E-state index in [1.807, 2.05) is 19.2 Å². The second-order valence-corrected chi connectivity index (χ2v) is 6.16. The van der Waals surface area contributed by atoms with Crippen molar-refractivity contribution < 1.29 is 9.15 Å². The maximum Gasteiger partial charge on any atom is 0.119 e. The molecule has 3 rings (SSSR count). The van der Waals surface area contributed by atoms with E-state index in [1.165, 1.54) is 36.8 Å². The van der Waals surface area contributed by atoms with Gasteiger partial charge in [0, 0.05) is 18.9 Å². The van der Waals surface area contributed by atoms with Crippen LogP contribution in [0.1, 0.15) is 29.7 Å². The molecule has 0 spiro atoms. The Morgan fingerprint density at radius 3 is 2.82 bits per heavy atom. The molecule has 1 N–H and O–H groups in total. The monoisotopic (exact) mass is 299 g/mol. The van der Waals surface area contributed by atoms with Crippen LogP contribution < -0.4 is 10.1 Å². The van der Waals surface area contributed by atoms with E-state index in [-0.39, 0.29) is 0 Å². The second kappa shape index (κ2) is 7.50. The first-order valence-electron chi connectivity index (χ1n) is 8.26. The van der Waals surface area contributed by atoms with Crippen LogP contribution in [0.5, 0.6) is 5.75 Å². The zero-order chi connectivity index (χ0) is 15.2. The van der Waals surface area contributed by atoms with Crippen LogP contribution in [0.15, 0.2) is 41.0 Å². The summed E-state index contributed by atoms with van der Waals surface area (Å²) in [5, 5.41) is 3.24. The third kappa shape index (κ3) is 3.92. The molecule has 3 heteroatoms. The topological polar surface area (TPSA) is 34.4 Å². The summed E-state index contributed by atoms with van der Waals surface area (Å²) in [6.45, 7) is 1.63. The highest BCUT2D eigenvalue weighted by Crippen LogP contribution is 2.25. The summed E-state index contributed by atoms with van der Waals surface area (Å²) in [6.07, 6.45) is 7.67. The van der Waals surface area contributed by atoms with Crippen molar-refractivity contribution in [2.45, 2.75) is 32.1 Å². The van der Waals surface area contributed by atoms with Gasteiger partial charge in [-0.3, -0.25) is 0 Å². The van der Waals surface area contributed by atoms with E-state index in [0.717, 1.165) is 24.5 Å². The minimum atomic E-state index is 0.409. The third-order valence-corrected chi connectivity index (χ3v) is 4.37. The van der Waals surface area contributed by atoms with Crippen molar-refractivity contribution in [1.82, 2.24) is 5.32 Å². The van der Waals surface area contributed by atoms with Gasteiger partial charge in [0.1, 0.15) is 11.5 Å². The predicted octanol–water partition coefficient (Wildman–Crippen LogP) is 3.62. The molecule has 0 saturated carbocycles. The Morgan fingerprint density at radius 1 is 1.18 bits per heavy atom.